The molecule has 0 saturated heterocycles. The number of hydrogen-bond donors (Lipinski definition) is 1. The van der Waals surface area contributed by atoms with Crippen LogP contribution in [0.5, 0.6) is 5.75 Å². The van der Waals surface area contributed by atoms with Crippen molar-refractivity contribution in [2.75, 3.05) is 25.9 Å². The van der Waals surface area contributed by atoms with Gasteiger partial charge in [-0.2, -0.15) is 0 Å². The maximum absolute atomic E-state index is 15.5. The first-order valence-electron chi connectivity index (χ1n) is 13.8. The normalized spacial score (nSPS) is 17.3. The minimum atomic E-state index is -0.353. The number of halogens is 1. The first kappa shape index (κ1) is 28.3. The highest BCUT2D eigenvalue weighted by Gasteiger charge is 2.42. The number of benzene rings is 1. The fourth-order valence-corrected chi connectivity index (χ4v) is 5.89. The van der Waals surface area contributed by atoms with E-state index in [-0.39, 0.29) is 47.2 Å². The van der Waals surface area contributed by atoms with E-state index < -0.39 is 0 Å². The number of nitrogens with two attached hydrogens (primary N) is 1. The van der Waals surface area contributed by atoms with E-state index in [1.165, 1.54) is 17.3 Å². The van der Waals surface area contributed by atoms with E-state index in [4.69, 9.17) is 10.5 Å². The topological polar surface area (TPSA) is 107 Å². The highest BCUT2D eigenvalue weighted by Crippen LogP contribution is 2.42. The number of amides is 2. The lowest BCUT2D eigenvalue weighted by atomic mass is 9.90. The zero-order valence-corrected chi connectivity index (χ0v) is 24.3. The van der Waals surface area contributed by atoms with Crippen molar-refractivity contribution in [2.24, 2.45) is 5.41 Å². The summed E-state index contributed by atoms with van der Waals surface area (Å²) in [4.78, 5) is 37.1. The van der Waals surface area contributed by atoms with Gasteiger partial charge in [-0.25, -0.2) is 14.4 Å². The van der Waals surface area contributed by atoms with Crippen molar-refractivity contribution < 1.29 is 18.7 Å². The second-order valence-corrected chi connectivity index (χ2v) is 11.9. The monoisotopic (exact) mass is 560 g/mol. The summed E-state index contributed by atoms with van der Waals surface area (Å²) in [6.07, 6.45) is 4.06. The number of fused-ring (bicyclic) bond motifs is 3. The molecule has 0 spiro atoms. The molecule has 1 aromatic carbocycles. The highest BCUT2D eigenvalue weighted by molar-refractivity contribution is 5.94. The van der Waals surface area contributed by atoms with Crippen LogP contribution in [-0.2, 0) is 30.7 Å². The Labute approximate surface area is 239 Å². The Kier molecular flexibility index (Phi) is 7.35. The second-order valence-electron chi connectivity index (χ2n) is 11.9. The van der Waals surface area contributed by atoms with Crippen LogP contribution in [0.2, 0.25) is 0 Å². The molecule has 2 aromatic heterocycles. The molecular formula is C31H37FN6O3. The molecule has 0 radical (unpaired) electrons. The molecule has 2 N–H and O–H groups in total. The lowest BCUT2D eigenvalue weighted by molar-refractivity contribution is -0.125. The van der Waals surface area contributed by atoms with E-state index in [1.54, 1.807) is 11.9 Å². The average molecular weight is 561 g/mol. The molecule has 1 atom stereocenters. The van der Waals surface area contributed by atoms with Crippen LogP contribution in [0.25, 0.3) is 11.3 Å². The molecule has 3 aromatic rings. The molecule has 41 heavy (non-hydrogen) atoms. The summed E-state index contributed by atoms with van der Waals surface area (Å²) in [5, 5.41) is 0. The van der Waals surface area contributed by atoms with E-state index in [0.29, 0.717) is 43.1 Å². The molecule has 10 heteroatoms. The molecule has 0 saturated carbocycles. The van der Waals surface area contributed by atoms with Crippen LogP contribution >= 0.6 is 0 Å². The van der Waals surface area contributed by atoms with Crippen LogP contribution < -0.4 is 10.5 Å². The van der Waals surface area contributed by atoms with E-state index in [1.807, 2.05) is 36.6 Å². The van der Waals surface area contributed by atoms with Crippen LogP contribution in [0.4, 0.5) is 10.2 Å². The minimum Gasteiger partial charge on any atom is -0.486 e. The van der Waals surface area contributed by atoms with Gasteiger partial charge in [0.1, 0.15) is 24.3 Å². The predicted octanol–water partition coefficient (Wildman–Crippen LogP) is 4.17. The number of aromatic nitrogens is 3. The van der Waals surface area contributed by atoms with E-state index in [0.717, 1.165) is 28.8 Å². The maximum Gasteiger partial charge on any atom is 0.274 e. The maximum atomic E-state index is 15.5. The van der Waals surface area contributed by atoms with Crippen molar-refractivity contribution in [1.82, 2.24) is 24.3 Å². The molecule has 0 fully saturated rings. The standard InChI is InChI=1S/C31H37FN6O3/c1-7-24(39)36(6)10-11-41-28-26(34-17-35-29(28)33)20-8-9-21(18(2)12-20)16-37-19(3)15-38-23-14-31(4,5)13-22(23)25(32)27(38)30(37)40/h7-9,12,17,19H,1,10-11,13-16H2,2-6H3,(H2,33,34,35)/t19-/m1/s1. The lowest BCUT2D eigenvalue weighted by Gasteiger charge is -2.36. The Balaban J connectivity index is 1.36. The summed E-state index contributed by atoms with van der Waals surface area (Å²) in [6, 6.07) is 5.75. The molecule has 3 heterocycles. The Hall–Kier alpha value is -4.21. The molecule has 1 aliphatic carbocycles. The predicted molar refractivity (Wildman–Crippen MR) is 155 cm³/mol. The highest BCUT2D eigenvalue weighted by atomic mass is 19.1. The molecule has 1 aliphatic heterocycles. The van der Waals surface area contributed by atoms with Gasteiger partial charge < -0.3 is 24.8 Å². The van der Waals surface area contributed by atoms with Gasteiger partial charge in [-0.15, -0.1) is 0 Å². The van der Waals surface area contributed by atoms with Crippen LogP contribution in [0.1, 0.15) is 53.6 Å². The van der Waals surface area contributed by atoms with E-state index >= 15 is 4.39 Å². The smallest absolute Gasteiger partial charge is 0.274 e. The molecule has 2 amide bonds. The van der Waals surface area contributed by atoms with E-state index in [2.05, 4.69) is 30.4 Å². The van der Waals surface area contributed by atoms with Gasteiger partial charge >= 0.3 is 0 Å². The zero-order chi connectivity index (χ0) is 29.6. The van der Waals surface area contributed by atoms with Crippen LogP contribution in [-0.4, -0.2) is 62.4 Å². The number of nitrogen functional groups attached to an aromatic ring is 1. The third-order valence-corrected chi connectivity index (χ3v) is 8.17. The van der Waals surface area contributed by atoms with Gasteiger partial charge in [0.05, 0.1) is 6.54 Å². The van der Waals surface area contributed by atoms with Crippen LogP contribution in [0, 0.1) is 18.2 Å². The molecular weight excluding hydrogens is 523 g/mol. The quantitative estimate of drug-likeness (QED) is 0.415. The Morgan fingerprint density at radius 1 is 1.32 bits per heavy atom. The van der Waals surface area contributed by atoms with Gasteiger partial charge in [0.15, 0.2) is 17.4 Å². The first-order chi connectivity index (χ1) is 19.4. The summed E-state index contributed by atoms with van der Waals surface area (Å²) in [6.45, 7) is 13.2. The number of nitrogens with zero attached hydrogens (tertiary/aromatic N) is 5. The Morgan fingerprint density at radius 2 is 2.07 bits per heavy atom. The van der Waals surface area contributed by atoms with Crippen molar-refractivity contribution in [1.29, 1.82) is 0 Å². The van der Waals surface area contributed by atoms with Gasteiger partial charge in [-0.1, -0.05) is 32.6 Å². The Bertz CT molecular complexity index is 1550. The number of ether oxygens (including phenoxy) is 1. The van der Waals surface area contributed by atoms with Crippen molar-refractivity contribution in [2.45, 2.75) is 59.7 Å². The Morgan fingerprint density at radius 3 is 2.78 bits per heavy atom. The van der Waals surface area contributed by atoms with Gasteiger partial charge in [0, 0.05) is 43.0 Å². The molecule has 0 unspecified atom stereocenters. The van der Waals surface area contributed by atoms with Crippen molar-refractivity contribution >= 4 is 17.6 Å². The number of aryl methyl sites for hydroxylation is 1. The van der Waals surface area contributed by atoms with Crippen LogP contribution in [0.3, 0.4) is 0 Å². The summed E-state index contributed by atoms with van der Waals surface area (Å²) in [5.74, 6) is -0.291. The van der Waals surface area contributed by atoms with Gasteiger partial charge in [0.25, 0.3) is 5.91 Å². The summed E-state index contributed by atoms with van der Waals surface area (Å²) in [5.41, 5.74) is 11.2. The lowest BCUT2D eigenvalue weighted by Crippen LogP contribution is -2.46. The van der Waals surface area contributed by atoms with Gasteiger partial charge in [-0.3, -0.25) is 9.59 Å². The minimum absolute atomic E-state index is 0.00988. The fourth-order valence-electron chi connectivity index (χ4n) is 5.89. The number of hydrogen-bond acceptors (Lipinski definition) is 6. The number of rotatable bonds is 8. The van der Waals surface area contributed by atoms with Gasteiger partial charge in [0.2, 0.25) is 5.91 Å². The third-order valence-electron chi connectivity index (χ3n) is 8.17. The molecule has 216 valence electrons. The molecule has 5 rings (SSSR count). The largest absolute Gasteiger partial charge is 0.486 e. The summed E-state index contributed by atoms with van der Waals surface area (Å²) < 4.78 is 23.3. The molecule has 0 bridgehead atoms. The van der Waals surface area contributed by atoms with Crippen molar-refractivity contribution in [3.63, 3.8) is 0 Å². The first-order valence-corrected chi connectivity index (χ1v) is 13.8. The number of likely N-dealkylation sites (N-methyl/N-ethyl adjacent to an activating group) is 1. The number of carbonyl (C=O) groups excluding carboxylic acids is 2. The van der Waals surface area contributed by atoms with Gasteiger partial charge in [-0.05, 0) is 55.4 Å². The third kappa shape index (κ3) is 5.18. The van der Waals surface area contributed by atoms with E-state index in [9.17, 15) is 9.59 Å². The molecule has 2 aliphatic rings. The average Bonchev–Trinajstić information content (AvgIpc) is 3.38. The summed E-state index contributed by atoms with van der Waals surface area (Å²) in [7, 11) is 1.66. The van der Waals surface area contributed by atoms with Crippen molar-refractivity contribution in [3.05, 3.63) is 71.1 Å². The number of anilines is 1. The molecule has 9 nitrogen and oxygen atoms in total. The van der Waals surface area contributed by atoms with Crippen molar-refractivity contribution in [3.8, 4) is 17.0 Å². The fraction of sp³-hybridized carbons (Fsp3) is 0.419. The van der Waals surface area contributed by atoms with Crippen LogP contribution in [0.15, 0.2) is 37.2 Å². The summed E-state index contributed by atoms with van der Waals surface area (Å²) >= 11 is 0. The number of carbonyl (C=O) groups is 2. The zero-order valence-electron chi connectivity index (χ0n) is 24.3. The SMILES string of the molecule is C=CC(=O)N(C)CCOc1c(N)ncnc1-c1ccc(CN2C(=O)c3c(F)c4c(n3C[C@H]2C)CC(C)(C)C4)c(C)c1. The second kappa shape index (κ2) is 10.6.